The maximum absolute atomic E-state index is 6.08. The van der Waals surface area contributed by atoms with Crippen LogP contribution in [-0.2, 0) is 4.74 Å². The summed E-state index contributed by atoms with van der Waals surface area (Å²) in [5.74, 6) is 2.27. The van der Waals surface area contributed by atoms with Crippen molar-refractivity contribution in [1.82, 2.24) is 15.5 Å². The molecule has 1 saturated heterocycles. The second-order valence-corrected chi connectivity index (χ2v) is 8.39. The summed E-state index contributed by atoms with van der Waals surface area (Å²) in [5.41, 5.74) is 0.152. The molecule has 6 heteroatoms. The van der Waals surface area contributed by atoms with E-state index in [4.69, 9.17) is 9.15 Å². The van der Waals surface area contributed by atoms with Gasteiger partial charge in [0.15, 0.2) is 5.96 Å². The van der Waals surface area contributed by atoms with Crippen molar-refractivity contribution in [3.05, 3.63) is 24.2 Å². The number of nitrogens with one attached hydrogen (secondary N) is 2. The van der Waals surface area contributed by atoms with E-state index >= 15 is 0 Å². The predicted molar refractivity (Wildman–Crippen MR) is 106 cm³/mol. The smallest absolute Gasteiger partial charge is 0.191 e. The maximum Gasteiger partial charge on any atom is 0.191 e. The van der Waals surface area contributed by atoms with Crippen molar-refractivity contribution in [2.45, 2.75) is 45.8 Å². The van der Waals surface area contributed by atoms with Gasteiger partial charge in [0.25, 0.3) is 0 Å². The second-order valence-electron chi connectivity index (χ2n) is 8.39. The molecule has 6 nitrogen and oxygen atoms in total. The predicted octanol–water partition coefficient (Wildman–Crippen LogP) is 2.89. The molecule has 1 aromatic rings. The normalized spacial score (nSPS) is 23.1. The summed E-state index contributed by atoms with van der Waals surface area (Å²) < 4.78 is 11.7. The van der Waals surface area contributed by atoms with Crippen molar-refractivity contribution in [1.29, 1.82) is 0 Å². The molecule has 2 heterocycles. The number of hydrogen-bond donors (Lipinski definition) is 2. The van der Waals surface area contributed by atoms with Crippen LogP contribution in [0.1, 0.15) is 45.4 Å². The quantitative estimate of drug-likeness (QED) is 0.600. The lowest BCUT2D eigenvalue weighted by Gasteiger charge is -2.40. The van der Waals surface area contributed by atoms with Gasteiger partial charge in [-0.25, -0.2) is 0 Å². The van der Waals surface area contributed by atoms with Crippen LogP contribution in [0.5, 0.6) is 0 Å². The summed E-state index contributed by atoms with van der Waals surface area (Å²) in [6.45, 7) is 9.24. The van der Waals surface area contributed by atoms with Crippen LogP contribution in [0.15, 0.2) is 27.8 Å². The van der Waals surface area contributed by atoms with Gasteiger partial charge in [0.05, 0.1) is 18.4 Å². The van der Waals surface area contributed by atoms with Crippen LogP contribution in [0.4, 0.5) is 0 Å². The molecule has 0 aromatic carbocycles. The third-order valence-corrected chi connectivity index (χ3v) is 5.01. The number of furan rings is 1. The van der Waals surface area contributed by atoms with Crippen molar-refractivity contribution >= 4 is 5.96 Å². The van der Waals surface area contributed by atoms with Crippen LogP contribution >= 0.6 is 0 Å². The summed E-state index contributed by atoms with van der Waals surface area (Å²) >= 11 is 0. The van der Waals surface area contributed by atoms with Crippen LogP contribution < -0.4 is 10.6 Å². The first kappa shape index (κ1) is 20.8. The van der Waals surface area contributed by atoms with Gasteiger partial charge in [-0.05, 0) is 44.5 Å². The summed E-state index contributed by atoms with van der Waals surface area (Å²) in [6.07, 6.45) is 4.32. The molecular formula is C20H36N4O2. The van der Waals surface area contributed by atoms with Gasteiger partial charge in [-0.1, -0.05) is 20.8 Å². The molecule has 1 aromatic heterocycles. The molecule has 148 valence electrons. The molecule has 0 amide bonds. The number of rotatable bonds is 6. The fraction of sp³-hybridized carbons (Fsp3) is 0.750. The molecule has 1 fully saturated rings. The zero-order valence-electron chi connectivity index (χ0n) is 17.2. The van der Waals surface area contributed by atoms with Crippen LogP contribution in [-0.4, -0.2) is 57.8 Å². The molecule has 1 aliphatic heterocycles. The molecule has 0 aliphatic carbocycles. The molecule has 3 unspecified atom stereocenters. The first-order chi connectivity index (χ1) is 12.3. The van der Waals surface area contributed by atoms with E-state index in [1.54, 1.807) is 6.26 Å². The highest BCUT2D eigenvalue weighted by Crippen LogP contribution is 2.33. The Morgan fingerprint density at radius 1 is 1.35 bits per heavy atom. The molecule has 2 rings (SSSR count). The summed E-state index contributed by atoms with van der Waals surface area (Å²) in [7, 11) is 5.92. The van der Waals surface area contributed by atoms with E-state index in [2.05, 4.69) is 55.4 Å². The Labute approximate surface area is 158 Å². The third-order valence-electron chi connectivity index (χ3n) is 5.01. The summed E-state index contributed by atoms with van der Waals surface area (Å²) in [4.78, 5) is 6.52. The van der Waals surface area contributed by atoms with Gasteiger partial charge >= 0.3 is 0 Å². The average Bonchev–Trinajstić information content (AvgIpc) is 3.11. The minimum Gasteiger partial charge on any atom is -0.468 e. The number of hydrogen-bond acceptors (Lipinski definition) is 4. The first-order valence-electron chi connectivity index (χ1n) is 9.59. The second kappa shape index (κ2) is 9.42. The molecule has 1 aliphatic rings. The molecule has 0 saturated carbocycles. The first-order valence-corrected chi connectivity index (χ1v) is 9.59. The lowest BCUT2D eigenvalue weighted by atomic mass is 9.78. The SMILES string of the molecule is CN=C(NCC1CCCOC1C(C)(C)C)NCC(c1ccco1)N(C)C. The number of likely N-dealkylation sites (N-methyl/N-ethyl adjacent to an activating group) is 1. The molecule has 26 heavy (non-hydrogen) atoms. The van der Waals surface area contributed by atoms with E-state index in [-0.39, 0.29) is 17.6 Å². The Bertz CT molecular complexity index is 549. The third kappa shape index (κ3) is 5.74. The van der Waals surface area contributed by atoms with Gasteiger partial charge in [-0.3, -0.25) is 9.89 Å². The minimum absolute atomic E-state index is 0.152. The Hall–Kier alpha value is -1.53. The zero-order valence-corrected chi connectivity index (χ0v) is 17.2. The van der Waals surface area contributed by atoms with E-state index in [9.17, 15) is 0 Å². The van der Waals surface area contributed by atoms with E-state index in [0.717, 1.165) is 37.8 Å². The van der Waals surface area contributed by atoms with Gasteiger partial charge in [0, 0.05) is 32.7 Å². The lowest BCUT2D eigenvalue weighted by Crippen LogP contribution is -2.48. The minimum atomic E-state index is 0.152. The molecule has 0 radical (unpaired) electrons. The van der Waals surface area contributed by atoms with Crippen LogP contribution in [0, 0.1) is 11.3 Å². The molecule has 0 spiro atoms. The van der Waals surface area contributed by atoms with E-state index in [1.165, 1.54) is 6.42 Å². The standard InChI is InChI=1S/C20H36N4O2/c1-20(2,3)18-15(9-7-12-26-18)13-22-19(21-4)23-14-16(24(5)6)17-10-8-11-25-17/h8,10-11,15-16,18H,7,9,12-14H2,1-6H3,(H2,21,22,23). The van der Waals surface area contributed by atoms with Crippen molar-refractivity contribution < 1.29 is 9.15 Å². The molecule has 0 bridgehead atoms. The summed E-state index contributed by atoms with van der Waals surface area (Å²) in [5, 5.41) is 6.92. The van der Waals surface area contributed by atoms with Gasteiger partial charge in [-0.15, -0.1) is 0 Å². The van der Waals surface area contributed by atoms with Gasteiger partial charge < -0.3 is 19.8 Å². The zero-order chi connectivity index (χ0) is 19.2. The van der Waals surface area contributed by atoms with Crippen molar-refractivity contribution in [2.75, 3.05) is 40.8 Å². The van der Waals surface area contributed by atoms with E-state index in [0.29, 0.717) is 5.92 Å². The number of aliphatic imine (C=N–C) groups is 1. The number of guanidine groups is 1. The summed E-state index contributed by atoms with van der Waals surface area (Å²) in [6, 6.07) is 4.09. The van der Waals surface area contributed by atoms with Gasteiger partial charge in [-0.2, -0.15) is 0 Å². The van der Waals surface area contributed by atoms with Gasteiger partial charge in [0.1, 0.15) is 5.76 Å². The van der Waals surface area contributed by atoms with Crippen molar-refractivity contribution in [3.8, 4) is 0 Å². The van der Waals surface area contributed by atoms with E-state index in [1.807, 2.05) is 19.2 Å². The van der Waals surface area contributed by atoms with Crippen LogP contribution in [0.3, 0.4) is 0 Å². The Balaban J connectivity index is 1.89. The highest BCUT2D eigenvalue weighted by atomic mass is 16.5. The highest BCUT2D eigenvalue weighted by molar-refractivity contribution is 5.79. The van der Waals surface area contributed by atoms with E-state index < -0.39 is 0 Å². The van der Waals surface area contributed by atoms with Crippen LogP contribution in [0.25, 0.3) is 0 Å². The fourth-order valence-corrected chi connectivity index (χ4v) is 3.67. The molecule has 3 atom stereocenters. The Morgan fingerprint density at radius 2 is 2.12 bits per heavy atom. The van der Waals surface area contributed by atoms with Crippen LogP contribution in [0.2, 0.25) is 0 Å². The van der Waals surface area contributed by atoms with Crippen molar-refractivity contribution in [3.63, 3.8) is 0 Å². The largest absolute Gasteiger partial charge is 0.468 e. The van der Waals surface area contributed by atoms with Gasteiger partial charge in [0.2, 0.25) is 0 Å². The average molecular weight is 365 g/mol. The maximum atomic E-state index is 6.08. The molecular weight excluding hydrogens is 328 g/mol. The lowest BCUT2D eigenvalue weighted by molar-refractivity contribution is -0.0835. The number of ether oxygens (including phenoxy) is 1. The fourth-order valence-electron chi connectivity index (χ4n) is 3.67. The highest BCUT2D eigenvalue weighted by Gasteiger charge is 2.35. The Kier molecular flexibility index (Phi) is 7.53. The van der Waals surface area contributed by atoms with Crippen molar-refractivity contribution in [2.24, 2.45) is 16.3 Å². The Morgan fingerprint density at radius 3 is 2.69 bits per heavy atom. The topological polar surface area (TPSA) is 62.0 Å². The monoisotopic (exact) mass is 364 g/mol. The molecule has 2 N–H and O–H groups in total. The number of nitrogens with zero attached hydrogens (tertiary/aromatic N) is 2.